The number of carbonyl (C=O) groups excluding carboxylic acids is 1. The highest BCUT2D eigenvalue weighted by Gasteiger charge is 2.47. The second kappa shape index (κ2) is 4.12. The van der Waals surface area contributed by atoms with Gasteiger partial charge < -0.3 is 9.47 Å². The summed E-state index contributed by atoms with van der Waals surface area (Å²) in [5.74, 6) is 0.367. The summed E-state index contributed by atoms with van der Waals surface area (Å²) in [7, 11) is 0. The molecule has 1 heterocycles. The molecule has 88 valence electrons. The van der Waals surface area contributed by atoms with E-state index in [0.717, 1.165) is 0 Å². The minimum absolute atomic E-state index is 0.0638. The quantitative estimate of drug-likeness (QED) is 0.663. The summed E-state index contributed by atoms with van der Waals surface area (Å²) in [6.45, 7) is 11.9. The fourth-order valence-corrected chi connectivity index (χ4v) is 2.00. The van der Waals surface area contributed by atoms with E-state index in [-0.39, 0.29) is 18.0 Å². The van der Waals surface area contributed by atoms with E-state index in [1.165, 1.54) is 0 Å². The molecule has 0 saturated carbocycles. The predicted molar refractivity (Wildman–Crippen MR) is 58.2 cm³/mol. The average Bonchev–Trinajstić information content (AvgIpc) is 2.08. The van der Waals surface area contributed by atoms with Gasteiger partial charge in [0.25, 0.3) is 0 Å². The Hall–Kier alpha value is -0.570. The van der Waals surface area contributed by atoms with E-state index in [2.05, 4.69) is 13.8 Å². The molecule has 0 aromatic rings. The first-order chi connectivity index (χ1) is 6.76. The molecule has 2 unspecified atom stereocenters. The molecule has 0 amide bonds. The van der Waals surface area contributed by atoms with Crippen LogP contribution in [0.2, 0.25) is 0 Å². The van der Waals surface area contributed by atoms with Crippen LogP contribution < -0.4 is 0 Å². The Labute approximate surface area is 92.1 Å². The first-order valence-corrected chi connectivity index (χ1v) is 5.63. The number of esters is 1. The minimum atomic E-state index is -0.542. The van der Waals surface area contributed by atoms with E-state index in [9.17, 15) is 4.79 Å². The standard InChI is InChI=1S/C12H22O3/c1-7(2)9-12(5,6)11(13)15-10(14-9)8(3)4/h7-10H,1-6H3. The topological polar surface area (TPSA) is 35.5 Å². The van der Waals surface area contributed by atoms with Crippen molar-refractivity contribution >= 4 is 5.97 Å². The van der Waals surface area contributed by atoms with Crippen LogP contribution in [0.15, 0.2) is 0 Å². The Balaban J connectivity index is 2.87. The van der Waals surface area contributed by atoms with Crippen molar-refractivity contribution in [3.8, 4) is 0 Å². The molecule has 0 aromatic heterocycles. The Morgan fingerprint density at radius 2 is 1.67 bits per heavy atom. The number of ether oxygens (including phenoxy) is 2. The first-order valence-electron chi connectivity index (χ1n) is 5.63. The fraction of sp³-hybridized carbons (Fsp3) is 0.917. The molecule has 0 aromatic carbocycles. The molecule has 0 N–H and O–H groups in total. The maximum Gasteiger partial charge on any atom is 0.316 e. The SMILES string of the molecule is CC(C)C1OC(=O)C(C)(C)C(C(C)C)O1. The molecule has 15 heavy (non-hydrogen) atoms. The van der Waals surface area contributed by atoms with Gasteiger partial charge in [0.15, 0.2) is 0 Å². The largest absolute Gasteiger partial charge is 0.435 e. The van der Waals surface area contributed by atoms with E-state index < -0.39 is 11.7 Å². The average molecular weight is 214 g/mol. The maximum atomic E-state index is 11.8. The minimum Gasteiger partial charge on any atom is -0.435 e. The molecule has 0 radical (unpaired) electrons. The molecule has 0 aliphatic carbocycles. The summed E-state index contributed by atoms with van der Waals surface area (Å²) in [5.41, 5.74) is -0.542. The van der Waals surface area contributed by atoms with Crippen molar-refractivity contribution in [1.29, 1.82) is 0 Å². The molecule has 3 nitrogen and oxygen atoms in total. The normalized spacial score (nSPS) is 30.8. The van der Waals surface area contributed by atoms with Crippen molar-refractivity contribution < 1.29 is 14.3 Å². The van der Waals surface area contributed by atoms with Crippen molar-refractivity contribution in [2.24, 2.45) is 17.3 Å². The number of cyclic esters (lactones) is 1. The Morgan fingerprint density at radius 1 is 1.13 bits per heavy atom. The Bertz CT molecular complexity index is 243. The van der Waals surface area contributed by atoms with Gasteiger partial charge in [0.2, 0.25) is 6.29 Å². The molecular formula is C12H22O3. The van der Waals surface area contributed by atoms with Crippen LogP contribution in [0.25, 0.3) is 0 Å². The van der Waals surface area contributed by atoms with Crippen LogP contribution in [0, 0.1) is 17.3 Å². The number of carbonyl (C=O) groups is 1. The van der Waals surface area contributed by atoms with Gasteiger partial charge in [-0.15, -0.1) is 0 Å². The molecule has 1 aliphatic heterocycles. The third-order valence-electron chi connectivity index (χ3n) is 2.89. The zero-order chi connectivity index (χ0) is 11.8. The summed E-state index contributed by atoms with van der Waals surface area (Å²) in [6.07, 6.45) is -0.455. The van der Waals surface area contributed by atoms with Gasteiger partial charge in [-0.25, -0.2) is 0 Å². The van der Waals surface area contributed by atoms with Gasteiger partial charge in [-0.05, 0) is 19.8 Å². The third kappa shape index (κ3) is 2.33. The summed E-state index contributed by atoms with van der Waals surface area (Å²) in [5, 5.41) is 0. The van der Waals surface area contributed by atoms with Crippen molar-refractivity contribution in [1.82, 2.24) is 0 Å². The van der Waals surface area contributed by atoms with Gasteiger partial charge in [0.1, 0.15) is 0 Å². The molecule has 1 rings (SSSR count). The lowest BCUT2D eigenvalue weighted by Gasteiger charge is -2.43. The van der Waals surface area contributed by atoms with Crippen LogP contribution in [-0.4, -0.2) is 18.4 Å². The number of hydrogen-bond acceptors (Lipinski definition) is 3. The highest BCUT2D eigenvalue weighted by atomic mass is 16.7. The predicted octanol–water partition coefficient (Wildman–Crippen LogP) is 2.59. The van der Waals surface area contributed by atoms with E-state index in [1.54, 1.807) is 0 Å². The van der Waals surface area contributed by atoms with Gasteiger partial charge in [-0.2, -0.15) is 0 Å². The summed E-state index contributed by atoms with van der Waals surface area (Å²) >= 11 is 0. The van der Waals surface area contributed by atoms with Gasteiger partial charge in [-0.1, -0.05) is 27.7 Å². The fourth-order valence-electron chi connectivity index (χ4n) is 2.00. The van der Waals surface area contributed by atoms with Crippen molar-refractivity contribution in [3.05, 3.63) is 0 Å². The van der Waals surface area contributed by atoms with Crippen LogP contribution in [0.4, 0.5) is 0 Å². The molecule has 1 fully saturated rings. The zero-order valence-electron chi connectivity index (χ0n) is 10.5. The highest BCUT2D eigenvalue weighted by Crippen LogP contribution is 2.37. The molecular weight excluding hydrogens is 192 g/mol. The Morgan fingerprint density at radius 3 is 2.07 bits per heavy atom. The van der Waals surface area contributed by atoms with Crippen LogP contribution in [0.1, 0.15) is 41.5 Å². The van der Waals surface area contributed by atoms with E-state index in [1.807, 2.05) is 27.7 Å². The lowest BCUT2D eigenvalue weighted by molar-refractivity contribution is -0.263. The van der Waals surface area contributed by atoms with Crippen LogP contribution in [-0.2, 0) is 14.3 Å². The third-order valence-corrected chi connectivity index (χ3v) is 2.89. The van der Waals surface area contributed by atoms with Gasteiger partial charge in [-0.3, -0.25) is 4.79 Å². The molecule has 3 heteroatoms. The molecule has 0 spiro atoms. The van der Waals surface area contributed by atoms with Crippen LogP contribution in [0.5, 0.6) is 0 Å². The summed E-state index contributed by atoms with van der Waals surface area (Å²) in [6, 6.07) is 0. The van der Waals surface area contributed by atoms with Gasteiger partial charge in [0, 0.05) is 5.92 Å². The molecule has 0 bridgehead atoms. The lowest BCUT2D eigenvalue weighted by atomic mass is 9.79. The second-order valence-electron chi connectivity index (χ2n) is 5.54. The number of hydrogen-bond donors (Lipinski definition) is 0. The van der Waals surface area contributed by atoms with E-state index in [0.29, 0.717) is 5.92 Å². The van der Waals surface area contributed by atoms with Crippen LogP contribution in [0.3, 0.4) is 0 Å². The van der Waals surface area contributed by atoms with Crippen molar-refractivity contribution in [2.75, 3.05) is 0 Å². The van der Waals surface area contributed by atoms with E-state index in [4.69, 9.17) is 9.47 Å². The molecule has 2 atom stereocenters. The van der Waals surface area contributed by atoms with Gasteiger partial charge in [0.05, 0.1) is 11.5 Å². The monoisotopic (exact) mass is 214 g/mol. The Kier molecular flexibility index (Phi) is 3.44. The van der Waals surface area contributed by atoms with Crippen molar-refractivity contribution in [2.45, 2.75) is 53.9 Å². The van der Waals surface area contributed by atoms with Crippen LogP contribution >= 0.6 is 0 Å². The first kappa shape index (κ1) is 12.5. The van der Waals surface area contributed by atoms with Crippen molar-refractivity contribution in [3.63, 3.8) is 0 Å². The second-order valence-corrected chi connectivity index (χ2v) is 5.54. The smallest absolute Gasteiger partial charge is 0.316 e. The maximum absolute atomic E-state index is 11.8. The zero-order valence-corrected chi connectivity index (χ0v) is 10.5. The summed E-state index contributed by atoms with van der Waals surface area (Å²) < 4.78 is 11.1. The lowest BCUT2D eigenvalue weighted by Crippen LogP contribution is -2.52. The highest BCUT2D eigenvalue weighted by molar-refractivity contribution is 5.77. The number of rotatable bonds is 2. The van der Waals surface area contributed by atoms with E-state index >= 15 is 0 Å². The van der Waals surface area contributed by atoms with Gasteiger partial charge >= 0.3 is 5.97 Å². The summed E-state index contributed by atoms with van der Waals surface area (Å²) in [4.78, 5) is 11.8. The molecule has 1 aliphatic rings. The molecule has 1 saturated heterocycles.